The standard InChI is InChI=1S/C19H17BrN2O3S/c1-2-24-15-10-12(9-13(20)19(15)25-11-17(21)23)7-8-18-22-14-5-3-4-6-16(14)26-18/h3-10H,2,11H2,1H3,(H2,21,23). The minimum absolute atomic E-state index is 0.209. The molecule has 26 heavy (non-hydrogen) atoms. The van der Waals surface area contributed by atoms with Crippen molar-refractivity contribution in [3.05, 3.63) is 51.4 Å². The number of aromatic nitrogens is 1. The van der Waals surface area contributed by atoms with Gasteiger partial charge >= 0.3 is 0 Å². The van der Waals surface area contributed by atoms with E-state index in [1.807, 2.05) is 49.4 Å². The number of amides is 1. The Balaban J connectivity index is 1.88. The third-order valence-corrected chi connectivity index (χ3v) is 5.01. The molecular formula is C19H17BrN2O3S. The molecule has 0 radical (unpaired) electrons. The van der Waals surface area contributed by atoms with Crippen molar-refractivity contribution in [2.24, 2.45) is 5.73 Å². The van der Waals surface area contributed by atoms with Crippen molar-refractivity contribution < 1.29 is 14.3 Å². The molecule has 2 aromatic carbocycles. The van der Waals surface area contributed by atoms with Crippen LogP contribution in [0, 0.1) is 0 Å². The van der Waals surface area contributed by atoms with Crippen LogP contribution in [0.4, 0.5) is 0 Å². The van der Waals surface area contributed by atoms with E-state index in [2.05, 4.69) is 27.0 Å². The van der Waals surface area contributed by atoms with Crippen molar-refractivity contribution in [1.29, 1.82) is 0 Å². The quantitative estimate of drug-likeness (QED) is 0.596. The minimum Gasteiger partial charge on any atom is -0.490 e. The van der Waals surface area contributed by atoms with Crippen molar-refractivity contribution >= 4 is 55.5 Å². The van der Waals surface area contributed by atoms with Crippen LogP contribution < -0.4 is 15.2 Å². The predicted molar refractivity (Wildman–Crippen MR) is 109 cm³/mol. The second kappa shape index (κ2) is 8.33. The number of hydrogen-bond donors (Lipinski definition) is 1. The van der Waals surface area contributed by atoms with Crippen molar-refractivity contribution in [2.75, 3.05) is 13.2 Å². The van der Waals surface area contributed by atoms with Crippen molar-refractivity contribution in [1.82, 2.24) is 4.98 Å². The number of fused-ring (bicyclic) bond motifs is 1. The lowest BCUT2D eigenvalue weighted by molar-refractivity contribution is -0.119. The summed E-state index contributed by atoms with van der Waals surface area (Å²) in [5.41, 5.74) is 7.06. The lowest BCUT2D eigenvalue weighted by Gasteiger charge is -2.13. The van der Waals surface area contributed by atoms with Gasteiger partial charge in [0.2, 0.25) is 0 Å². The number of para-hydroxylation sites is 1. The molecule has 0 aliphatic carbocycles. The number of thiazole rings is 1. The number of nitrogens with zero attached hydrogens (tertiary/aromatic N) is 1. The summed E-state index contributed by atoms with van der Waals surface area (Å²) in [6, 6.07) is 11.8. The summed E-state index contributed by atoms with van der Waals surface area (Å²) >= 11 is 5.10. The van der Waals surface area contributed by atoms with Gasteiger partial charge in [0.1, 0.15) is 5.01 Å². The maximum Gasteiger partial charge on any atom is 0.255 e. The molecule has 0 spiro atoms. The Kier molecular flexibility index (Phi) is 5.90. The molecule has 0 aliphatic rings. The molecule has 1 amide bonds. The molecule has 0 aliphatic heterocycles. The van der Waals surface area contributed by atoms with Gasteiger partial charge in [-0.3, -0.25) is 4.79 Å². The lowest BCUT2D eigenvalue weighted by atomic mass is 10.2. The van der Waals surface area contributed by atoms with Crippen LogP contribution in [0.1, 0.15) is 17.5 Å². The number of hydrogen-bond acceptors (Lipinski definition) is 5. The molecule has 2 N–H and O–H groups in total. The number of primary amides is 1. The molecule has 0 saturated heterocycles. The minimum atomic E-state index is -0.542. The molecule has 134 valence electrons. The summed E-state index contributed by atoms with van der Waals surface area (Å²) in [5, 5.41) is 0.925. The topological polar surface area (TPSA) is 74.4 Å². The Hall–Kier alpha value is -2.38. The Labute approximate surface area is 163 Å². The third kappa shape index (κ3) is 4.42. The van der Waals surface area contributed by atoms with E-state index >= 15 is 0 Å². The van der Waals surface area contributed by atoms with Gasteiger partial charge < -0.3 is 15.2 Å². The first-order valence-corrected chi connectivity index (χ1v) is 9.59. The molecule has 7 heteroatoms. The maximum atomic E-state index is 11.0. The van der Waals surface area contributed by atoms with Crippen molar-refractivity contribution in [3.63, 3.8) is 0 Å². The highest BCUT2D eigenvalue weighted by Crippen LogP contribution is 2.37. The first kappa shape index (κ1) is 18.4. The number of halogens is 1. The molecule has 5 nitrogen and oxygen atoms in total. The number of carbonyl (C=O) groups is 1. The smallest absolute Gasteiger partial charge is 0.255 e. The predicted octanol–water partition coefficient (Wildman–Crippen LogP) is 4.49. The van der Waals surface area contributed by atoms with Crippen molar-refractivity contribution in [2.45, 2.75) is 6.92 Å². The van der Waals surface area contributed by atoms with Crippen LogP contribution in [0.25, 0.3) is 22.4 Å². The molecule has 0 unspecified atom stereocenters. The van der Waals surface area contributed by atoms with E-state index in [4.69, 9.17) is 15.2 Å². The van der Waals surface area contributed by atoms with E-state index in [9.17, 15) is 4.79 Å². The van der Waals surface area contributed by atoms with E-state index in [1.54, 1.807) is 11.3 Å². The first-order chi connectivity index (χ1) is 12.6. The molecule has 1 aromatic heterocycles. The zero-order valence-electron chi connectivity index (χ0n) is 14.1. The summed E-state index contributed by atoms with van der Waals surface area (Å²) in [7, 11) is 0. The maximum absolute atomic E-state index is 11.0. The lowest BCUT2D eigenvalue weighted by Crippen LogP contribution is -2.20. The number of benzene rings is 2. The van der Waals surface area contributed by atoms with Crippen LogP contribution in [0.15, 0.2) is 40.9 Å². The van der Waals surface area contributed by atoms with Gasteiger partial charge in [-0.1, -0.05) is 18.2 Å². The number of carbonyl (C=O) groups excluding carboxylic acids is 1. The Morgan fingerprint density at radius 1 is 1.27 bits per heavy atom. The van der Waals surface area contributed by atoms with Crippen LogP contribution in [-0.2, 0) is 4.79 Å². The van der Waals surface area contributed by atoms with E-state index in [1.165, 1.54) is 0 Å². The summed E-state index contributed by atoms with van der Waals surface area (Å²) in [5.74, 6) is 0.467. The van der Waals surface area contributed by atoms with E-state index < -0.39 is 5.91 Å². The number of rotatable bonds is 7. The summed E-state index contributed by atoms with van der Waals surface area (Å²) in [6.07, 6.45) is 3.93. The molecule has 3 rings (SSSR count). The van der Waals surface area contributed by atoms with Crippen LogP contribution in [0.2, 0.25) is 0 Å². The highest BCUT2D eigenvalue weighted by atomic mass is 79.9. The van der Waals surface area contributed by atoms with Crippen molar-refractivity contribution in [3.8, 4) is 11.5 Å². The summed E-state index contributed by atoms with van der Waals surface area (Å²) in [6.45, 7) is 2.15. The van der Waals surface area contributed by atoms with Crippen LogP contribution in [-0.4, -0.2) is 24.1 Å². The number of nitrogens with two attached hydrogens (primary N) is 1. The van der Waals surface area contributed by atoms with Gasteiger partial charge in [-0.25, -0.2) is 4.98 Å². The van der Waals surface area contributed by atoms with E-state index in [0.29, 0.717) is 22.6 Å². The average molecular weight is 433 g/mol. The van der Waals surface area contributed by atoms with Gasteiger partial charge in [0.05, 0.1) is 21.3 Å². The van der Waals surface area contributed by atoms with Crippen LogP contribution in [0.5, 0.6) is 11.5 Å². The molecule has 0 saturated carbocycles. The van der Waals surface area contributed by atoms with Gasteiger partial charge in [0.25, 0.3) is 5.91 Å². The second-order valence-corrected chi connectivity index (χ2v) is 7.29. The van der Waals surface area contributed by atoms with Gasteiger partial charge in [-0.2, -0.15) is 0 Å². The fourth-order valence-electron chi connectivity index (χ4n) is 2.36. The second-order valence-electron chi connectivity index (χ2n) is 5.37. The largest absolute Gasteiger partial charge is 0.490 e. The van der Waals surface area contributed by atoms with E-state index in [0.717, 1.165) is 20.8 Å². The zero-order valence-corrected chi connectivity index (χ0v) is 16.5. The molecule has 0 atom stereocenters. The Morgan fingerprint density at radius 2 is 2.08 bits per heavy atom. The monoisotopic (exact) mass is 432 g/mol. The number of ether oxygens (including phenoxy) is 2. The van der Waals surface area contributed by atoms with Crippen LogP contribution in [0.3, 0.4) is 0 Å². The van der Waals surface area contributed by atoms with Gasteiger partial charge in [0, 0.05) is 0 Å². The first-order valence-electron chi connectivity index (χ1n) is 7.98. The SMILES string of the molecule is CCOc1cc(C=Cc2nc3ccccc3s2)cc(Br)c1OCC(N)=O. The molecule has 0 bridgehead atoms. The highest BCUT2D eigenvalue weighted by Gasteiger charge is 2.12. The Morgan fingerprint density at radius 3 is 2.81 bits per heavy atom. The molecule has 1 heterocycles. The zero-order chi connectivity index (χ0) is 18.5. The summed E-state index contributed by atoms with van der Waals surface area (Å²) in [4.78, 5) is 15.6. The fourth-order valence-corrected chi connectivity index (χ4v) is 3.80. The van der Waals surface area contributed by atoms with E-state index in [-0.39, 0.29) is 6.61 Å². The molecule has 3 aromatic rings. The Bertz CT molecular complexity index is 936. The molecular weight excluding hydrogens is 416 g/mol. The van der Waals surface area contributed by atoms with Crippen LogP contribution >= 0.6 is 27.3 Å². The third-order valence-electron chi connectivity index (χ3n) is 3.42. The van der Waals surface area contributed by atoms with Gasteiger partial charge in [0.15, 0.2) is 18.1 Å². The molecule has 0 fully saturated rings. The fraction of sp³-hybridized carbons (Fsp3) is 0.158. The van der Waals surface area contributed by atoms with Gasteiger partial charge in [-0.05, 0) is 58.8 Å². The normalized spacial score (nSPS) is 11.2. The summed E-state index contributed by atoms with van der Waals surface area (Å²) < 4.78 is 12.9. The highest BCUT2D eigenvalue weighted by molar-refractivity contribution is 9.10. The average Bonchev–Trinajstić information content (AvgIpc) is 3.02. The van der Waals surface area contributed by atoms with Gasteiger partial charge in [-0.15, -0.1) is 11.3 Å².